The molecule has 0 unspecified atom stereocenters. The molecular weight excluding hydrogens is 246 g/mol. The molecule has 0 saturated carbocycles. The summed E-state index contributed by atoms with van der Waals surface area (Å²) in [6, 6.07) is 15.4. The minimum Gasteiger partial charge on any atom is -0.497 e. The van der Waals surface area contributed by atoms with Gasteiger partial charge in [0, 0.05) is 12.6 Å². The standard InChI is InChI=1S/C18H23NO/c1-13(2)19-12-15-5-10-18(14(3)11-15)16-6-8-17(20-4)9-7-16/h5-11,13,19H,12H2,1-4H3. The average molecular weight is 269 g/mol. The van der Waals surface area contributed by atoms with Crippen molar-refractivity contribution in [3.05, 3.63) is 53.6 Å². The molecule has 0 radical (unpaired) electrons. The van der Waals surface area contributed by atoms with E-state index in [1.54, 1.807) is 7.11 Å². The zero-order valence-electron chi connectivity index (χ0n) is 12.7. The smallest absolute Gasteiger partial charge is 0.118 e. The summed E-state index contributed by atoms with van der Waals surface area (Å²) in [4.78, 5) is 0. The summed E-state index contributed by atoms with van der Waals surface area (Å²) in [6.45, 7) is 7.41. The Morgan fingerprint density at radius 1 is 1.05 bits per heavy atom. The number of benzene rings is 2. The van der Waals surface area contributed by atoms with E-state index in [1.807, 2.05) is 12.1 Å². The molecule has 0 aliphatic carbocycles. The van der Waals surface area contributed by atoms with Crippen LogP contribution in [-0.4, -0.2) is 13.2 Å². The normalized spacial score (nSPS) is 10.8. The lowest BCUT2D eigenvalue weighted by atomic mass is 9.98. The van der Waals surface area contributed by atoms with E-state index in [0.717, 1.165) is 12.3 Å². The van der Waals surface area contributed by atoms with Crippen molar-refractivity contribution in [2.75, 3.05) is 7.11 Å². The molecule has 2 nitrogen and oxygen atoms in total. The SMILES string of the molecule is COc1ccc(-c2ccc(CNC(C)C)cc2C)cc1. The molecule has 0 heterocycles. The van der Waals surface area contributed by atoms with Crippen LogP contribution in [0.15, 0.2) is 42.5 Å². The summed E-state index contributed by atoms with van der Waals surface area (Å²) in [6.07, 6.45) is 0. The molecule has 0 bridgehead atoms. The first-order valence-corrected chi connectivity index (χ1v) is 7.07. The molecule has 0 spiro atoms. The van der Waals surface area contributed by atoms with Crippen LogP contribution in [0, 0.1) is 6.92 Å². The monoisotopic (exact) mass is 269 g/mol. The highest BCUT2D eigenvalue weighted by Gasteiger charge is 2.04. The first kappa shape index (κ1) is 14.6. The molecule has 0 aromatic heterocycles. The molecule has 0 amide bonds. The van der Waals surface area contributed by atoms with Gasteiger partial charge in [-0.05, 0) is 41.3 Å². The van der Waals surface area contributed by atoms with Gasteiger partial charge in [0.25, 0.3) is 0 Å². The fourth-order valence-corrected chi connectivity index (χ4v) is 2.25. The third kappa shape index (κ3) is 3.61. The zero-order valence-corrected chi connectivity index (χ0v) is 12.7. The Morgan fingerprint density at radius 2 is 1.75 bits per heavy atom. The van der Waals surface area contributed by atoms with Crippen LogP contribution in [0.1, 0.15) is 25.0 Å². The third-order valence-electron chi connectivity index (χ3n) is 3.41. The first-order valence-electron chi connectivity index (χ1n) is 7.07. The molecule has 0 aliphatic rings. The van der Waals surface area contributed by atoms with E-state index in [4.69, 9.17) is 4.74 Å². The molecule has 2 rings (SSSR count). The number of aryl methyl sites for hydroxylation is 1. The maximum Gasteiger partial charge on any atom is 0.118 e. The summed E-state index contributed by atoms with van der Waals surface area (Å²) in [5.74, 6) is 0.893. The molecule has 106 valence electrons. The van der Waals surface area contributed by atoms with Crippen molar-refractivity contribution in [2.24, 2.45) is 0 Å². The van der Waals surface area contributed by atoms with E-state index in [9.17, 15) is 0 Å². The second kappa shape index (κ2) is 6.58. The van der Waals surface area contributed by atoms with Crippen LogP contribution in [-0.2, 0) is 6.54 Å². The van der Waals surface area contributed by atoms with Crippen LogP contribution >= 0.6 is 0 Å². The lowest BCUT2D eigenvalue weighted by Gasteiger charge is -2.12. The van der Waals surface area contributed by atoms with E-state index in [2.05, 4.69) is 56.4 Å². The predicted molar refractivity (Wildman–Crippen MR) is 85.1 cm³/mol. The fraction of sp³-hybridized carbons (Fsp3) is 0.333. The van der Waals surface area contributed by atoms with Crippen molar-refractivity contribution in [1.82, 2.24) is 5.32 Å². The summed E-state index contributed by atoms with van der Waals surface area (Å²) in [5.41, 5.74) is 5.14. The Hall–Kier alpha value is -1.80. The molecule has 0 saturated heterocycles. The van der Waals surface area contributed by atoms with Crippen molar-refractivity contribution in [3.63, 3.8) is 0 Å². The molecule has 1 N–H and O–H groups in total. The van der Waals surface area contributed by atoms with Crippen LogP contribution in [0.25, 0.3) is 11.1 Å². The molecule has 2 aromatic rings. The molecule has 2 heteroatoms. The minimum absolute atomic E-state index is 0.511. The fourth-order valence-electron chi connectivity index (χ4n) is 2.25. The van der Waals surface area contributed by atoms with Gasteiger partial charge in [0.1, 0.15) is 5.75 Å². The van der Waals surface area contributed by atoms with Gasteiger partial charge >= 0.3 is 0 Å². The molecule has 0 atom stereocenters. The van der Waals surface area contributed by atoms with Crippen molar-refractivity contribution in [2.45, 2.75) is 33.4 Å². The summed E-state index contributed by atoms with van der Waals surface area (Å²) in [5, 5.41) is 3.45. The van der Waals surface area contributed by atoms with E-state index in [1.165, 1.54) is 22.3 Å². The lowest BCUT2D eigenvalue weighted by Crippen LogP contribution is -2.21. The third-order valence-corrected chi connectivity index (χ3v) is 3.41. The maximum absolute atomic E-state index is 5.20. The maximum atomic E-state index is 5.20. The number of nitrogens with one attached hydrogen (secondary N) is 1. The van der Waals surface area contributed by atoms with Crippen LogP contribution in [0.3, 0.4) is 0 Å². The molecular formula is C18H23NO. The largest absolute Gasteiger partial charge is 0.497 e. The van der Waals surface area contributed by atoms with Gasteiger partial charge in [0.15, 0.2) is 0 Å². The lowest BCUT2D eigenvalue weighted by molar-refractivity contribution is 0.415. The minimum atomic E-state index is 0.511. The van der Waals surface area contributed by atoms with Gasteiger partial charge in [-0.15, -0.1) is 0 Å². The van der Waals surface area contributed by atoms with Crippen LogP contribution in [0.5, 0.6) is 5.75 Å². The molecule has 0 fully saturated rings. The van der Waals surface area contributed by atoms with Crippen LogP contribution < -0.4 is 10.1 Å². The van der Waals surface area contributed by atoms with E-state index in [-0.39, 0.29) is 0 Å². The van der Waals surface area contributed by atoms with Crippen LogP contribution in [0.4, 0.5) is 0 Å². The highest BCUT2D eigenvalue weighted by Crippen LogP contribution is 2.26. The van der Waals surface area contributed by atoms with E-state index < -0.39 is 0 Å². The molecule has 20 heavy (non-hydrogen) atoms. The topological polar surface area (TPSA) is 21.3 Å². The number of rotatable bonds is 5. The second-order valence-corrected chi connectivity index (χ2v) is 5.41. The van der Waals surface area contributed by atoms with Gasteiger partial charge in [-0.3, -0.25) is 0 Å². The highest BCUT2D eigenvalue weighted by molar-refractivity contribution is 5.68. The summed E-state index contributed by atoms with van der Waals surface area (Å²) in [7, 11) is 1.69. The molecule has 0 aliphatic heterocycles. The van der Waals surface area contributed by atoms with E-state index in [0.29, 0.717) is 6.04 Å². The Kier molecular flexibility index (Phi) is 4.80. The van der Waals surface area contributed by atoms with Crippen molar-refractivity contribution in [3.8, 4) is 16.9 Å². The summed E-state index contributed by atoms with van der Waals surface area (Å²) < 4.78 is 5.20. The average Bonchev–Trinajstić information content (AvgIpc) is 2.45. The number of methoxy groups -OCH3 is 1. The van der Waals surface area contributed by atoms with E-state index >= 15 is 0 Å². The number of hydrogen-bond donors (Lipinski definition) is 1. The Bertz CT molecular complexity index is 558. The summed E-state index contributed by atoms with van der Waals surface area (Å²) >= 11 is 0. The van der Waals surface area contributed by atoms with Gasteiger partial charge in [-0.25, -0.2) is 0 Å². The van der Waals surface area contributed by atoms with Gasteiger partial charge in [0.05, 0.1) is 7.11 Å². The number of hydrogen-bond acceptors (Lipinski definition) is 2. The Labute approximate surface area is 121 Å². The molecule has 2 aromatic carbocycles. The van der Waals surface area contributed by atoms with Crippen LogP contribution in [0.2, 0.25) is 0 Å². The van der Waals surface area contributed by atoms with Crippen molar-refractivity contribution in [1.29, 1.82) is 0 Å². The number of ether oxygens (including phenoxy) is 1. The van der Waals surface area contributed by atoms with Gasteiger partial charge in [-0.1, -0.05) is 44.2 Å². The zero-order chi connectivity index (χ0) is 14.5. The highest BCUT2D eigenvalue weighted by atomic mass is 16.5. The van der Waals surface area contributed by atoms with Gasteiger partial charge in [-0.2, -0.15) is 0 Å². The second-order valence-electron chi connectivity index (χ2n) is 5.41. The van der Waals surface area contributed by atoms with Crippen molar-refractivity contribution >= 4 is 0 Å². The Morgan fingerprint density at radius 3 is 2.30 bits per heavy atom. The predicted octanol–water partition coefficient (Wildman–Crippen LogP) is 4.17. The Balaban J connectivity index is 2.20. The first-order chi connectivity index (χ1) is 9.60. The quantitative estimate of drug-likeness (QED) is 0.879. The van der Waals surface area contributed by atoms with Crippen molar-refractivity contribution < 1.29 is 4.74 Å². The van der Waals surface area contributed by atoms with Gasteiger partial charge < -0.3 is 10.1 Å². The van der Waals surface area contributed by atoms with Gasteiger partial charge in [0.2, 0.25) is 0 Å².